The summed E-state index contributed by atoms with van der Waals surface area (Å²) in [7, 11) is 0. The molecule has 0 aromatic heterocycles. The number of ether oxygens (including phenoxy) is 1. The van der Waals surface area contributed by atoms with Gasteiger partial charge in [0, 0.05) is 19.3 Å². The minimum absolute atomic E-state index is 0.0549. The fourth-order valence-electron chi connectivity index (χ4n) is 2.74. The second-order valence-corrected chi connectivity index (χ2v) is 5.12. The molecule has 0 aromatic rings. The van der Waals surface area contributed by atoms with E-state index in [1.54, 1.807) is 17.2 Å². The lowest BCUT2D eigenvalue weighted by Gasteiger charge is -2.38. The average Bonchev–Trinajstić information content (AvgIpc) is 2.45. The molecule has 19 heavy (non-hydrogen) atoms. The lowest BCUT2D eigenvalue weighted by Crippen LogP contribution is -2.53. The largest absolute Gasteiger partial charge is 0.379 e. The van der Waals surface area contributed by atoms with Crippen molar-refractivity contribution in [2.75, 3.05) is 33.0 Å². The zero-order chi connectivity index (χ0) is 13.9. The zero-order valence-electron chi connectivity index (χ0n) is 11.7. The Morgan fingerprint density at radius 1 is 1.21 bits per heavy atom. The van der Waals surface area contributed by atoms with E-state index in [2.05, 4.69) is 4.90 Å². The maximum atomic E-state index is 12.6. The van der Waals surface area contributed by atoms with Crippen molar-refractivity contribution >= 4 is 11.7 Å². The molecule has 2 heterocycles. The van der Waals surface area contributed by atoms with Gasteiger partial charge in [0.15, 0.2) is 5.78 Å². The van der Waals surface area contributed by atoms with Crippen LogP contribution in [0, 0.1) is 5.41 Å². The van der Waals surface area contributed by atoms with Gasteiger partial charge in [-0.15, -0.1) is 0 Å². The van der Waals surface area contributed by atoms with Crippen LogP contribution in [0.15, 0.2) is 12.3 Å². The minimum Gasteiger partial charge on any atom is -0.379 e. The summed E-state index contributed by atoms with van der Waals surface area (Å²) >= 11 is 0. The van der Waals surface area contributed by atoms with E-state index in [0.717, 1.165) is 13.1 Å². The maximum absolute atomic E-state index is 12.6. The number of morpholine rings is 1. The van der Waals surface area contributed by atoms with E-state index in [4.69, 9.17) is 4.74 Å². The average molecular weight is 266 g/mol. The van der Waals surface area contributed by atoms with Crippen molar-refractivity contribution in [3.05, 3.63) is 12.3 Å². The van der Waals surface area contributed by atoms with Crippen LogP contribution in [0.5, 0.6) is 0 Å². The predicted molar refractivity (Wildman–Crippen MR) is 71.3 cm³/mol. The van der Waals surface area contributed by atoms with E-state index in [1.165, 1.54) is 0 Å². The lowest BCUT2D eigenvalue weighted by molar-refractivity contribution is -0.150. The van der Waals surface area contributed by atoms with Crippen LogP contribution in [0.1, 0.15) is 26.7 Å². The molecule has 0 spiro atoms. The normalized spacial score (nSPS) is 24.0. The highest BCUT2D eigenvalue weighted by atomic mass is 16.5. The maximum Gasteiger partial charge on any atom is 0.241 e. The van der Waals surface area contributed by atoms with Gasteiger partial charge in [-0.3, -0.25) is 14.5 Å². The SMILES string of the molecule is CCC1(CC)C(=O)C=CN(CN2CCOCC2)C1=O. The first kappa shape index (κ1) is 14.2. The molecule has 1 fully saturated rings. The van der Waals surface area contributed by atoms with Gasteiger partial charge in [-0.05, 0) is 18.9 Å². The topological polar surface area (TPSA) is 49.9 Å². The van der Waals surface area contributed by atoms with Crippen molar-refractivity contribution < 1.29 is 14.3 Å². The molecule has 106 valence electrons. The van der Waals surface area contributed by atoms with E-state index in [-0.39, 0.29) is 11.7 Å². The van der Waals surface area contributed by atoms with Gasteiger partial charge >= 0.3 is 0 Å². The molecule has 1 amide bonds. The summed E-state index contributed by atoms with van der Waals surface area (Å²) in [6.45, 7) is 7.44. The molecule has 5 nitrogen and oxygen atoms in total. The Labute approximate surface area is 114 Å². The van der Waals surface area contributed by atoms with E-state index in [1.807, 2.05) is 13.8 Å². The highest BCUT2D eigenvalue weighted by Gasteiger charge is 2.45. The van der Waals surface area contributed by atoms with E-state index >= 15 is 0 Å². The first-order chi connectivity index (χ1) is 9.14. The molecule has 0 saturated carbocycles. The number of rotatable bonds is 4. The van der Waals surface area contributed by atoms with Crippen molar-refractivity contribution in [3.63, 3.8) is 0 Å². The third kappa shape index (κ3) is 2.58. The summed E-state index contributed by atoms with van der Waals surface area (Å²) in [4.78, 5) is 28.5. The molecule has 1 saturated heterocycles. The van der Waals surface area contributed by atoms with Crippen LogP contribution in [0.2, 0.25) is 0 Å². The number of carbonyl (C=O) groups is 2. The molecule has 2 aliphatic heterocycles. The smallest absolute Gasteiger partial charge is 0.241 e. The number of nitrogens with zero attached hydrogens (tertiary/aromatic N) is 2. The molecule has 0 radical (unpaired) electrons. The van der Waals surface area contributed by atoms with Crippen LogP contribution in [0.3, 0.4) is 0 Å². The molecule has 0 aromatic carbocycles. The van der Waals surface area contributed by atoms with Gasteiger partial charge in [0.1, 0.15) is 5.41 Å². The standard InChI is InChI=1S/C14H22N2O3/c1-3-14(4-2)12(17)5-6-16(13(14)18)11-15-7-9-19-10-8-15/h5-6H,3-4,7-11H2,1-2H3. The summed E-state index contributed by atoms with van der Waals surface area (Å²) in [5.74, 6) is -0.114. The number of amides is 1. The second-order valence-electron chi connectivity index (χ2n) is 5.12. The highest BCUT2D eigenvalue weighted by molar-refractivity contribution is 6.13. The Hall–Kier alpha value is -1.20. The quantitative estimate of drug-likeness (QED) is 0.713. The van der Waals surface area contributed by atoms with Crippen LogP contribution < -0.4 is 0 Å². The number of hydrogen-bond donors (Lipinski definition) is 0. The third-order valence-electron chi connectivity index (χ3n) is 4.21. The zero-order valence-corrected chi connectivity index (χ0v) is 11.7. The van der Waals surface area contributed by atoms with Crippen molar-refractivity contribution in [1.29, 1.82) is 0 Å². The first-order valence-electron chi connectivity index (χ1n) is 6.98. The monoisotopic (exact) mass is 266 g/mol. The van der Waals surface area contributed by atoms with Gasteiger partial charge in [0.25, 0.3) is 0 Å². The summed E-state index contributed by atoms with van der Waals surface area (Å²) in [5, 5.41) is 0. The Kier molecular flexibility index (Phi) is 4.37. The summed E-state index contributed by atoms with van der Waals surface area (Å²) in [6.07, 6.45) is 4.30. The Bertz CT molecular complexity index is 382. The molecule has 0 bridgehead atoms. The molecule has 0 N–H and O–H groups in total. The van der Waals surface area contributed by atoms with Gasteiger partial charge in [-0.25, -0.2) is 0 Å². The third-order valence-corrected chi connectivity index (χ3v) is 4.21. The first-order valence-corrected chi connectivity index (χ1v) is 6.98. The van der Waals surface area contributed by atoms with Gasteiger partial charge in [-0.2, -0.15) is 0 Å². The Balaban J connectivity index is 2.11. The van der Waals surface area contributed by atoms with E-state index < -0.39 is 5.41 Å². The molecule has 0 unspecified atom stereocenters. The van der Waals surface area contributed by atoms with Crippen molar-refractivity contribution in [1.82, 2.24) is 9.80 Å². The van der Waals surface area contributed by atoms with Crippen LogP contribution in [-0.4, -0.2) is 54.5 Å². The van der Waals surface area contributed by atoms with Crippen molar-refractivity contribution in [2.24, 2.45) is 5.41 Å². The summed E-state index contributed by atoms with van der Waals surface area (Å²) in [6, 6.07) is 0. The van der Waals surface area contributed by atoms with Crippen LogP contribution in [0.4, 0.5) is 0 Å². The predicted octanol–water partition coefficient (Wildman–Crippen LogP) is 1.01. The van der Waals surface area contributed by atoms with Gasteiger partial charge in [0.2, 0.25) is 5.91 Å². The number of carbonyl (C=O) groups excluding carboxylic acids is 2. The summed E-state index contributed by atoms with van der Waals surface area (Å²) in [5.41, 5.74) is -0.846. The van der Waals surface area contributed by atoms with Crippen LogP contribution in [0.25, 0.3) is 0 Å². The summed E-state index contributed by atoms with van der Waals surface area (Å²) < 4.78 is 5.30. The van der Waals surface area contributed by atoms with Gasteiger partial charge in [-0.1, -0.05) is 13.8 Å². The van der Waals surface area contributed by atoms with Gasteiger partial charge in [0.05, 0.1) is 19.9 Å². The van der Waals surface area contributed by atoms with Crippen molar-refractivity contribution in [2.45, 2.75) is 26.7 Å². The molecule has 0 aliphatic carbocycles. The van der Waals surface area contributed by atoms with Crippen LogP contribution >= 0.6 is 0 Å². The lowest BCUT2D eigenvalue weighted by atomic mass is 9.75. The van der Waals surface area contributed by atoms with E-state index in [0.29, 0.717) is 32.7 Å². The Morgan fingerprint density at radius 2 is 1.84 bits per heavy atom. The molecule has 5 heteroatoms. The van der Waals surface area contributed by atoms with E-state index in [9.17, 15) is 9.59 Å². The molecular weight excluding hydrogens is 244 g/mol. The Morgan fingerprint density at radius 3 is 2.42 bits per heavy atom. The molecular formula is C14H22N2O3. The fraction of sp³-hybridized carbons (Fsp3) is 0.714. The molecule has 2 aliphatic rings. The minimum atomic E-state index is -0.846. The number of ketones is 1. The number of hydrogen-bond acceptors (Lipinski definition) is 4. The number of allylic oxidation sites excluding steroid dienone is 1. The molecule has 2 rings (SSSR count). The highest BCUT2D eigenvalue weighted by Crippen LogP contribution is 2.33. The van der Waals surface area contributed by atoms with Gasteiger partial charge < -0.3 is 9.64 Å². The fourth-order valence-corrected chi connectivity index (χ4v) is 2.74. The van der Waals surface area contributed by atoms with Crippen LogP contribution in [-0.2, 0) is 14.3 Å². The second kappa shape index (κ2) is 5.84. The van der Waals surface area contributed by atoms with Crippen molar-refractivity contribution in [3.8, 4) is 0 Å². The molecule has 0 atom stereocenters.